The van der Waals surface area contributed by atoms with Crippen molar-refractivity contribution in [2.45, 2.75) is 38.6 Å². The summed E-state index contributed by atoms with van der Waals surface area (Å²) in [5.41, 5.74) is 4.16. The summed E-state index contributed by atoms with van der Waals surface area (Å²) in [5.74, 6) is 0.931. The lowest BCUT2D eigenvalue weighted by atomic mass is 9.98. The van der Waals surface area contributed by atoms with Gasteiger partial charge in [0.1, 0.15) is 5.75 Å². The van der Waals surface area contributed by atoms with Crippen molar-refractivity contribution in [1.82, 2.24) is 5.32 Å². The summed E-state index contributed by atoms with van der Waals surface area (Å²) >= 11 is 1.62. The summed E-state index contributed by atoms with van der Waals surface area (Å²) in [6.07, 6.45) is 1.15. The number of amides is 2. The maximum atomic E-state index is 12.7. The molecular formula is C25H26N2O3S. The maximum absolute atomic E-state index is 12.7. The highest BCUT2D eigenvalue weighted by Crippen LogP contribution is 2.28. The van der Waals surface area contributed by atoms with E-state index in [0.717, 1.165) is 21.7 Å². The van der Waals surface area contributed by atoms with Crippen LogP contribution < -0.4 is 15.4 Å². The first-order valence-electron chi connectivity index (χ1n) is 10.5. The molecule has 160 valence electrons. The van der Waals surface area contributed by atoms with Crippen LogP contribution in [-0.4, -0.2) is 18.4 Å². The normalized spacial score (nSPS) is 14.0. The Balaban J connectivity index is 1.43. The molecule has 0 saturated carbocycles. The Labute approximate surface area is 186 Å². The number of hydrogen-bond acceptors (Lipinski definition) is 4. The van der Waals surface area contributed by atoms with Crippen LogP contribution >= 0.6 is 11.3 Å². The van der Waals surface area contributed by atoms with Crippen LogP contribution in [0.1, 0.15) is 53.8 Å². The lowest BCUT2D eigenvalue weighted by Gasteiger charge is -2.20. The maximum Gasteiger partial charge on any atom is 0.258 e. The number of aryl methyl sites for hydroxylation is 1. The minimum absolute atomic E-state index is 0.0293. The molecular weight excluding hydrogens is 408 g/mol. The molecule has 0 fully saturated rings. The van der Waals surface area contributed by atoms with Gasteiger partial charge in [0.25, 0.3) is 5.91 Å². The molecule has 6 heteroatoms. The van der Waals surface area contributed by atoms with E-state index in [1.54, 1.807) is 17.4 Å². The van der Waals surface area contributed by atoms with Crippen LogP contribution in [0.2, 0.25) is 0 Å². The second-order valence-corrected chi connectivity index (χ2v) is 8.97. The third kappa shape index (κ3) is 5.14. The van der Waals surface area contributed by atoms with Gasteiger partial charge in [0, 0.05) is 17.0 Å². The monoisotopic (exact) mass is 434 g/mol. The first kappa shape index (κ1) is 21.1. The highest BCUT2D eigenvalue weighted by atomic mass is 32.1. The second-order valence-electron chi connectivity index (χ2n) is 7.99. The molecule has 1 unspecified atom stereocenters. The number of ether oxygens (including phenoxy) is 1. The van der Waals surface area contributed by atoms with Crippen molar-refractivity contribution in [1.29, 1.82) is 0 Å². The van der Waals surface area contributed by atoms with E-state index in [1.165, 1.54) is 5.56 Å². The van der Waals surface area contributed by atoms with Gasteiger partial charge in [-0.15, -0.1) is 11.3 Å². The van der Waals surface area contributed by atoms with Crippen LogP contribution in [0, 0.1) is 0 Å². The lowest BCUT2D eigenvalue weighted by molar-refractivity contribution is -0.123. The minimum atomic E-state index is -0.212. The van der Waals surface area contributed by atoms with Gasteiger partial charge >= 0.3 is 0 Å². The van der Waals surface area contributed by atoms with E-state index in [4.69, 9.17) is 4.74 Å². The van der Waals surface area contributed by atoms with Gasteiger partial charge < -0.3 is 15.4 Å². The molecule has 2 aromatic carbocycles. The topological polar surface area (TPSA) is 67.4 Å². The Morgan fingerprint density at radius 1 is 1.10 bits per heavy atom. The molecule has 2 heterocycles. The fraction of sp³-hybridized carbons (Fsp3) is 0.280. The van der Waals surface area contributed by atoms with Crippen molar-refractivity contribution >= 4 is 28.8 Å². The SMILES string of the molecule is CC(C)c1ccc(C(NC(=O)COc2ccc3c(c2)CCC(=O)N3)c2cccs2)cc1. The molecule has 3 aromatic rings. The Hall–Kier alpha value is -3.12. The third-order valence-electron chi connectivity index (χ3n) is 5.41. The molecule has 1 aromatic heterocycles. The van der Waals surface area contributed by atoms with Crippen LogP contribution in [0.15, 0.2) is 60.0 Å². The summed E-state index contributed by atoms with van der Waals surface area (Å²) < 4.78 is 5.74. The number of nitrogens with one attached hydrogen (secondary N) is 2. The largest absolute Gasteiger partial charge is 0.484 e. The van der Waals surface area contributed by atoms with Crippen molar-refractivity contribution in [2.24, 2.45) is 0 Å². The molecule has 0 radical (unpaired) electrons. The highest BCUT2D eigenvalue weighted by Gasteiger charge is 2.19. The van der Waals surface area contributed by atoms with Crippen molar-refractivity contribution in [2.75, 3.05) is 11.9 Å². The molecule has 31 heavy (non-hydrogen) atoms. The van der Waals surface area contributed by atoms with Crippen molar-refractivity contribution in [3.63, 3.8) is 0 Å². The number of carbonyl (C=O) groups excluding carboxylic acids is 2. The van der Waals surface area contributed by atoms with Gasteiger partial charge in [0.2, 0.25) is 5.91 Å². The number of carbonyl (C=O) groups is 2. The summed E-state index contributed by atoms with van der Waals surface area (Å²) in [5, 5.41) is 7.98. The molecule has 1 atom stereocenters. The molecule has 5 nitrogen and oxygen atoms in total. The Morgan fingerprint density at radius 2 is 1.87 bits per heavy atom. The molecule has 0 bridgehead atoms. The Kier molecular flexibility index (Phi) is 6.37. The number of fused-ring (bicyclic) bond motifs is 1. The average Bonchev–Trinajstić information content (AvgIpc) is 3.30. The Bertz CT molecular complexity index is 1060. The van der Waals surface area contributed by atoms with Gasteiger partial charge in [-0.25, -0.2) is 0 Å². The van der Waals surface area contributed by atoms with Gasteiger partial charge in [0.05, 0.1) is 6.04 Å². The number of anilines is 1. The van der Waals surface area contributed by atoms with Gasteiger partial charge in [-0.1, -0.05) is 44.2 Å². The molecule has 2 amide bonds. The van der Waals surface area contributed by atoms with E-state index in [9.17, 15) is 9.59 Å². The zero-order chi connectivity index (χ0) is 21.8. The van der Waals surface area contributed by atoms with E-state index in [0.29, 0.717) is 24.5 Å². The zero-order valence-electron chi connectivity index (χ0n) is 17.7. The quantitative estimate of drug-likeness (QED) is 0.547. The Morgan fingerprint density at radius 3 is 2.58 bits per heavy atom. The lowest BCUT2D eigenvalue weighted by Crippen LogP contribution is -2.33. The average molecular weight is 435 g/mol. The van der Waals surface area contributed by atoms with Crippen molar-refractivity contribution in [3.8, 4) is 5.75 Å². The second kappa shape index (κ2) is 9.35. The molecule has 0 aliphatic carbocycles. The molecule has 0 saturated heterocycles. The fourth-order valence-electron chi connectivity index (χ4n) is 3.65. The van der Waals surface area contributed by atoms with Crippen molar-refractivity contribution < 1.29 is 14.3 Å². The summed E-state index contributed by atoms with van der Waals surface area (Å²) in [4.78, 5) is 25.3. The van der Waals surface area contributed by atoms with Gasteiger partial charge in [-0.3, -0.25) is 9.59 Å². The molecule has 1 aliphatic rings. The molecule has 4 rings (SSSR count). The first-order chi connectivity index (χ1) is 15.0. The zero-order valence-corrected chi connectivity index (χ0v) is 18.5. The van der Waals surface area contributed by atoms with Crippen molar-refractivity contribution in [3.05, 3.63) is 81.5 Å². The van der Waals surface area contributed by atoms with E-state index in [-0.39, 0.29) is 24.5 Å². The van der Waals surface area contributed by atoms with E-state index in [2.05, 4.69) is 48.7 Å². The third-order valence-corrected chi connectivity index (χ3v) is 6.35. The smallest absolute Gasteiger partial charge is 0.258 e. The minimum Gasteiger partial charge on any atom is -0.484 e. The summed E-state index contributed by atoms with van der Waals surface area (Å²) in [6, 6.07) is 17.7. The molecule has 2 N–H and O–H groups in total. The predicted octanol–water partition coefficient (Wildman–Crippen LogP) is 5.04. The van der Waals surface area contributed by atoms with Crippen LogP contribution in [0.4, 0.5) is 5.69 Å². The standard InChI is InChI=1S/C25H26N2O3S/c1-16(2)17-5-7-18(8-6-17)25(22-4-3-13-31-22)27-24(29)15-30-20-10-11-21-19(14-20)9-12-23(28)26-21/h3-8,10-11,13-14,16,25H,9,12,15H2,1-2H3,(H,26,28)(H,27,29). The predicted molar refractivity (Wildman–Crippen MR) is 124 cm³/mol. The molecule has 0 spiro atoms. The van der Waals surface area contributed by atoms with E-state index < -0.39 is 0 Å². The van der Waals surface area contributed by atoms with Crippen LogP contribution in [0.25, 0.3) is 0 Å². The molecule has 1 aliphatic heterocycles. The van der Waals surface area contributed by atoms with E-state index >= 15 is 0 Å². The fourth-order valence-corrected chi connectivity index (χ4v) is 4.45. The number of hydrogen-bond donors (Lipinski definition) is 2. The van der Waals surface area contributed by atoms with Crippen LogP contribution in [0.5, 0.6) is 5.75 Å². The van der Waals surface area contributed by atoms with Gasteiger partial charge in [-0.2, -0.15) is 0 Å². The highest BCUT2D eigenvalue weighted by molar-refractivity contribution is 7.10. The van der Waals surface area contributed by atoms with Gasteiger partial charge in [-0.05, 0) is 58.7 Å². The number of thiophene rings is 1. The van der Waals surface area contributed by atoms with Crippen LogP contribution in [0.3, 0.4) is 0 Å². The van der Waals surface area contributed by atoms with Crippen LogP contribution in [-0.2, 0) is 16.0 Å². The first-order valence-corrected chi connectivity index (χ1v) is 11.4. The summed E-state index contributed by atoms with van der Waals surface area (Å²) in [7, 11) is 0. The summed E-state index contributed by atoms with van der Waals surface area (Å²) in [6.45, 7) is 4.26. The number of rotatable bonds is 7. The number of benzene rings is 2. The van der Waals surface area contributed by atoms with E-state index in [1.807, 2.05) is 29.6 Å². The van der Waals surface area contributed by atoms with Gasteiger partial charge in [0.15, 0.2) is 6.61 Å².